The molecule has 2 N–H and O–H groups in total. The topological polar surface area (TPSA) is 35.2 Å². The zero-order valence-corrected chi connectivity index (χ0v) is 10.7. The van der Waals surface area contributed by atoms with Crippen LogP contribution in [0.5, 0.6) is 5.75 Å². The van der Waals surface area contributed by atoms with E-state index in [0.717, 1.165) is 29.3 Å². The maximum Gasteiger partial charge on any atom is 0.165 e. The Hall–Kier alpha value is -2.38. The number of hydrogen-bond donors (Lipinski definition) is 1. The highest BCUT2D eigenvalue weighted by Crippen LogP contribution is 2.20. The highest BCUT2D eigenvalue weighted by atomic mass is 19.1. The Labute approximate surface area is 116 Å². The summed E-state index contributed by atoms with van der Waals surface area (Å²) < 4.78 is 31.8. The number of hydrogen-bond acceptors (Lipinski definition) is 2. The summed E-state index contributed by atoms with van der Waals surface area (Å²) in [7, 11) is 0. The number of rotatable bonds is 3. The summed E-state index contributed by atoms with van der Waals surface area (Å²) in [4.78, 5) is 0. The second-order valence-electron chi connectivity index (χ2n) is 4.03. The Bertz CT molecular complexity index is 659. The van der Waals surface area contributed by atoms with Crippen molar-refractivity contribution in [3.05, 3.63) is 65.2 Å². The summed E-state index contributed by atoms with van der Waals surface area (Å²) in [6.07, 6.45) is 0. The minimum Gasteiger partial charge on any atom is -0.486 e. The van der Waals surface area contributed by atoms with Gasteiger partial charge in [-0.1, -0.05) is 30.0 Å². The first kappa shape index (κ1) is 14.0. The predicted molar refractivity (Wildman–Crippen MR) is 73.1 cm³/mol. The molecule has 0 aliphatic carbocycles. The SMILES string of the molecule is NCC#Cc1ccccc1COc1cc(F)ccc1F. The molecular weight excluding hydrogens is 260 g/mol. The van der Waals surface area contributed by atoms with Crippen molar-refractivity contribution >= 4 is 0 Å². The van der Waals surface area contributed by atoms with Gasteiger partial charge < -0.3 is 10.5 Å². The van der Waals surface area contributed by atoms with Gasteiger partial charge >= 0.3 is 0 Å². The minimum absolute atomic E-state index is 0.107. The molecule has 0 fully saturated rings. The third kappa shape index (κ3) is 3.56. The summed E-state index contributed by atoms with van der Waals surface area (Å²) in [5.41, 5.74) is 6.88. The molecule has 0 aliphatic heterocycles. The van der Waals surface area contributed by atoms with Gasteiger partial charge in [-0.3, -0.25) is 0 Å². The molecule has 0 saturated carbocycles. The molecule has 102 valence electrons. The Kier molecular flexibility index (Phi) is 4.70. The second-order valence-corrected chi connectivity index (χ2v) is 4.03. The van der Waals surface area contributed by atoms with E-state index < -0.39 is 11.6 Å². The zero-order valence-electron chi connectivity index (χ0n) is 10.7. The minimum atomic E-state index is -0.600. The van der Waals surface area contributed by atoms with Crippen LogP contribution in [-0.2, 0) is 6.61 Å². The van der Waals surface area contributed by atoms with E-state index >= 15 is 0 Å². The molecule has 2 aromatic rings. The van der Waals surface area contributed by atoms with Crippen molar-refractivity contribution in [2.75, 3.05) is 6.54 Å². The summed E-state index contributed by atoms with van der Waals surface area (Å²) >= 11 is 0. The Morgan fingerprint density at radius 2 is 1.90 bits per heavy atom. The molecule has 2 nitrogen and oxygen atoms in total. The van der Waals surface area contributed by atoms with E-state index in [0.29, 0.717) is 0 Å². The summed E-state index contributed by atoms with van der Waals surface area (Å²) in [5, 5.41) is 0. The van der Waals surface area contributed by atoms with Crippen LogP contribution in [0.4, 0.5) is 8.78 Å². The first-order valence-corrected chi connectivity index (χ1v) is 6.05. The van der Waals surface area contributed by atoms with Gasteiger partial charge in [0, 0.05) is 17.2 Å². The van der Waals surface area contributed by atoms with E-state index in [2.05, 4.69) is 11.8 Å². The monoisotopic (exact) mass is 273 g/mol. The first-order chi connectivity index (χ1) is 9.70. The fourth-order valence-electron chi connectivity index (χ4n) is 1.66. The van der Waals surface area contributed by atoms with Gasteiger partial charge in [0.05, 0.1) is 6.54 Å². The van der Waals surface area contributed by atoms with Gasteiger partial charge in [-0.25, -0.2) is 8.78 Å². The molecule has 0 unspecified atom stereocenters. The van der Waals surface area contributed by atoms with Crippen LogP contribution in [0, 0.1) is 23.5 Å². The quantitative estimate of drug-likeness (QED) is 0.873. The maximum atomic E-state index is 13.4. The Morgan fingerprint density at radius 1 is 1.10 bits per heavy atom. The van der Waals surface area contributed by atoms with Crippen LogP contribution in [0.25, 0.3) is 0 Å². The molecule has 0 bridgehead atoms. The summed E-state index contributed by atoms with van der Waals surface area (Å²) in [6.45, 7) is 0.365. The molecule has 0 spiro atoms. The number of benzene rings is 2. The maximum absolute atomic E-state index is 13.4. The fourth-order valence-corrected chi connectivity index (χ4v) is 1.66. The number of halogens is 2. The van der Waals surface area contributed by atoms with E-state index in [-0.39, 0.29) is 18.9 Å². The van der Waals surface area contributed by atoms with Crippen molar-refractivity contribution in [1.29, 1.82) is 0 Å². The van der Waals surface area contributed by atoms with Crippen molar-refractivity contribution in [1.82, 2.24) is 0 Å². The van der Waals surface area contributed by atoms with Crippen molar-refractivity contribution in [2.24, 2.45) is 5.73 Å². The van der Waals surface area contributed by atoms with Gasteiger partial charge in [0.15, 0.2) is 11.6 Å². The van der Waals surface area contributed by atoms with Crippen molar-refractivity contribution in [3.8, 4) is 17.6 Å². The number of ether oxygens (including phenoxy) is 1. The lowest BCUT2D eigenvalue weighted by Crippen LogP contribution is -2.00. The van der Waals surface area contributed by atoms with Crippen LogP contribution < -0.4 is 10.5 Å². The molecule has 4 heteroatoms. The molecule has 20 heavy (non-hydrogen) atoms. The van der Waals surface area contributed by atoms with Gasteiger partial charge in [-0.05, 0) is 18.2 Å². The average molecular weight is 273 g/mol. The molecule has 0 saturated heterocycles. The van der Waals surface area contributed by atoms with Gasteiger partial charge in [0.1, 0.15) is 12.4 Å². The molecule has 0 atom stereocenters. The highest BCUT2D eigenvalue weighted by Gasteiger charge is 2.06. The van der Waals surface area contributed by atoms with Crippen LogP contribution in [0.1, 0.15) is 11.1 Å². The van der Waals surface area contributed by atoms with Gasteiger partial charge in [0.25, 0.3) is 0 Å². The smallest absolute Gasteiger partial charge is 0.165 e. The van der Waals surface area contributed by atoms with Crippen LogP contribution in [0.2, 0.25) is 0 Å². The summed E-state index contributed by atoms with van der Waals surface area (Å²) in [5.74, 6) is 4.40. The average Bonchev–Trinajstić information content (AvgIpc) is 2.47. The third-order valence-corrected chi connectivity index (χ3v) is 2.62. The lowest BCUT2D eigenvalue weighted by atomic mass is 10.1. The molecule has 0 heterocycles. The predicted octanol–water partition coefficient (Wildman–Crippen LogP) is 2.85. The third-order valence-electron chi connectivity index (χ3n) is 2.62. The zero-order chi connectivity index (χ0) is 14.4. The van der Waals surface area contributed by atoms with Gasteiger partial charge in [-0.2, -0.15) is 0 Å². The molecule has 2 aromatic carbocycles. The van der Waals surface area contributed by atoms with Crippen LogP contribution in [0.3, 0.4) is 0 Å². The normalized spacial score (nSPS) is 9.75. The lowest BCUT2D eigenvalue weighted by molar-refractivity contribution is 0.288. The van der Waals surface area contributed by atoms with E-state index in [1.165, 1.54) is 0 Å². The van der Waals surface area contributed by atoms with E-state index in [1.54, 1.807) is 0 Å². The van der Waals surface area contributed by atoms with Crippen LogP contribution >= 0.6 is 0 Å². The van der Waals surface area contributed by atoms with Crippen LogP contribution in [-0.4, -0.2) is 6.54 Å². The van der Waals surface area contributed by atoms with E-state index in [9.17, 15) is 8.78 Å². The molecule has 0 amide bonds. The molecule has 2 rings (SSSR count). The van der Waals surface area contributed by atoms with E-state index in [4.69, 9.17) is 10.5 Å². The molecule has 0 aliphatic rings. The number of nitrogens with two attached hydrogens (primary N) is 1. The second kappa shape index (κ2) is 6.69. The Balaban J connectivity index is 2.17. The first-order valence-electron chi connectivity index (χ1n) is 6.05. The van der Waals surface area contributed by atoms with Crippen LogP contribution in [0.15, 0.2) is 42.5 Å². The molecular formula is C16H13F2NO. The van der Waals surface area contributed by atoms with Crippen molar-refractivity contribution in [2.45, 2.75) is 6.61 Å². The highest BCUT2D eigenvalue weighted by molar-refractivity contribution is 5.41. The van der Waals surface area contributed by atoms with Gasteiger partial charge in [-0.15, -0.1) is 0 Å². The van der Waals surface area contributed by atoms with Crippen molar-refractivity contribution in [3.63, 3.8) is 0 Å². The van der Waals surface area contributed by atoms with Gasteiger partial charge in [0.2, 0.25) is 0 Å². The fraction of sp³-hybridized carbons (Fsp3) is 0.125. The Morgan fingerprint density at radius 3 is 2.70 bits per heavy atom. The molecule has 0 aromatic heterocycles. The molecule has 0 radical (unpaired) electrons. The lowest BCUT2D eigenvalue weighted by Gasteiger charge is -2.09. The van der Waals surface area contributed by atoms with E-state index in [1.807, 2.05) is 24.3 Å². The van der Waals surface area contributed by atoms with Crippen molar-refractivity contribution < 1.29 is 13.5 Å². The standard InChI is InChI=1S/C16H13F2NO/c17-14-7-8-15(18)16(10-14)20-11-13-5-2-1-4-12(13)6-3-9-19/h1-2,4-5,7-8,10H,9,11,19H2. The largest absolute Gasteiger partial charge is 0.486 e. The summed E-state index contributed by atoms with van der Waals surface area (Å²) in [6, 6.07) is 10.4.